The molecule has 0 bridgehead atoms. The SMILES string of the molecule is COc1ccc(C2=C[C@@H]3c4cc(C)ccc4OC4(CCN(C(C)C)CC4)N3N2)cc1. The van der Waals surface area contributed by atoms with Crippen LogP contribution in [0.5, 0.6) is 11.5 Å². The summed E-state index contributed by atoms with van der Waals surface area (Å²) >= 11 is 0. The third-order valence-electron chi connectivity index (χ3n) is 6.78. The normalized spacial score (nSPS) is 22.8. The second kappa shape index (κ2) is 7.33. The zero-order valence-electron chi connectivity index (χ0n) is 18.3. The van der Waals surface area contributed by atoms with Crippen molar-refractivity contribution in [3.8, 4) is 11.5 Å². The average molecular weight is 406 g/mol. The van der Waals surface area contributed by atoms with Gasteiger partial charge in [-0.05, 0) is 62.7 Å². The van der Waals surface area contributed by atoms with Crippen LogP contribution in [-0.2, 0) is 0 Å². The molecule has 3 aliphatic rings. The monoisotopic (exact) mass is 405 g/mol. The molecule has 0 amide bonds. The number of hydrogen-bond donors (Lipinski definition) is 1. The van der Waals surface area contributed by atoms with Gasteiger partial charge >= 0.3 is 0 Å². The number of piperidine rings is 1. The van der Waals surface area contributed by atoms with Crippen molar-refractivity contribution in [2.75, 3.05) is 20.2 Å². The molecular formula is C25H31N3O2. The Morgan fingerprint density at radius 2 is 1.83 bits per heavy atom. The maximum atomic E-state index is 6.76. The minimum absolute atomic E-state index is 0.163. The van der Waals surface area contributed by atoms with Crippen LogP contribution in [0.25, 0.3) is 5.70 Å². The first-order chi connectivity index (χ1) is 14.5. The van der Waals surface area contributed by atoms with E-state index in [0.717, 1.165) is 48.7 Å². The predicted molar refractivity (Wildman–Crippen MR) is 119 cm³/mol. The van der Waals surface area contributed by atoms with E-state index in [0.29, 0.717) is 6.04 Å². The Morgan fingerprint density at radius 1 is 1.10 bits per heavy atom. The van der Waals surface area contributed by atoms with E-state index in [1.807, 2.05) is 12.1 Å². The van der Waals surface area contributed by atoms with Gasteiger partial charge in [0.2, 0.25) is 0 Å². The molecule has 3 aliphatic heterocycles. The van der Waals surface area contributed by atoms with E-state index in [9.17, 15) is 0 Å². The highest BCUT2D eigenvalue weighted by Gasteiger charge is 2.51. The molecule has 5 heteroatoms. The highest BCUT2D eigenvalue weighted by atomic mass is 16.5. The molecule has 0 saturated carbocycles. The Labute approximate surface area is 179 Å². The predicted octanol–water partition coefficient (Wildman–Crippen LogP) is 4.50. The Morgan fingerprint density at radius 3 is 2.50 bits per heavy atom. The summed E-state index contributed by atoms with van der Waals surface area (Å²) < 4.78 is 12.1. The van der Waals surface area contributed by atoms with E-state index in [2.05, 4.69) is 72.5 Å². The van der Waals surface area contributed by atoms with Gasteiger partial charge < -0.3 is 19.8 Å². The van der Waals surface area contributed by atoms with Gasteiger partial charge in [-0.2, -0.15) is 5.01 Å². The number of methoxy groups -OCH3 is 1. The molecular weight excluding hydrogens is 374 g/mol. The lowest BCUT2D eigenvalue weighted by Crippen LogP contribution is -2.64. The van der Waals surface area contributed by atoms with Gasteiger partial charge in [0.25, 0.3) is 0 Å². The van der Waals surface area contributed by atoms with Gasteiger partial charge in [0.1, 0.15) is 11.5 Å². The number of nitrogens with one attached hydrogen (secondary N) is 1. The Bertz CT molecular complexity index is 959. The molecule has 158 valence electrons. The molecule has 3 heterocycles. The minimum atomic E-state index is -0.330. The number of hydrogen-bond acceptors (Lipinski definition) is 5. The molecule has 0 aliphatic carbocycles. The van der Waals surface area contributed by atoms with Gasteiger partial charge in [-0.25, -0.2) is 0 Å². The summed E-state index contributed by atoms with van der Waals surface area (Å²) in [6.45, 7) is 8.78. The van der Waals surface area contributed by atoms with Gasteiger partial charge in [-0.1, -0.05) is 17.7 Å². The maximum absolute atomic E-state index is 6.76. The van der Waals surface area contributed by atoms with Crippen LogP contribution >= 0.6 is 0 Å². The van der Waals surface area contributed by atoms with Crippen LogP contribution in [-0.4, -0.2) is 41.9 Å². The second-order valence-electron chi connectivity index (χ2n) is 8.95. The number of ether oxygens (including phenoxy) is 2. The van der Waals surface area contributed by atoms with Gasteiger partial charge in [0.05, 0.1) is 18.8 Å². The Kier molecular flexibility index (Phi) is 4.75. The maximum Gasteiger partial charge on any atom is 0.182 e. The standard InChI is InChI=1S/C25H31N3O2/c1-17(2)27-13-11-25(12-14-27)28-23(21-15-18(3)5-10-24(21)30-25)16-22(26-28)19-6-8-20(29-4)9-7-19/h5-10,15-17,23,26H,11-14H2,1-4H3/t23-/m1/s1. The van der Waals surface area contributed by atoms with E-state index in [-0.39, 0.29) is 11.8 Å². The van der Waals surface area contributed by atoms with Crippen LogP contribution in [0.3, 0.4) is 0 Å². The molecule has 1 fully saturated rings. The van der Waals surface area contributed by atoms with Gasteiger partial charge in [-0.3, -0.25) is 0 Å². The molecule has 0 aromatic heterocycles. The average Bonchev–Trinajstić information content (AvgIpc) is 3.22. The summed E-state index contributed by atoms with van der Waals surface area (Å²) in [6, 6.07) is 15.6. The Hall–Kier alpha value is -2.50. The fourth-order valence-electron chi connectivity index (χ4n) is 4.96. The first-order valence-electron chi connectivity index (χ1n) is 10.9. The summed E-state index contributed by atoms with van der Waals surface area (Å²) in [4.78, 5) is 2.54. The lowest BCUT2D eigenvalue weighted by atomic mass is 9.91. The summed E-state index contributed by atoms with van der Waals surface area (Å²) in [7, 11) is 1.70. The smallest absolute Gasteiger partial charge is 0.182 e. The van der Waals surface area contributed by atoms with Crippen molar-refractivity contribution in [2.45, 2.75) is 51.4 Å². The molecule has 1 saturated heterocycles. The highest BCUT2D eigenvalue weighted by molar-refractivity contribution is 5.68. The second-order valence-corrected chi connectivity index (χ2v) is 8.95. The van der Waals surface area contributed by atoms with Crippen LogP contribution in [0.2, 0.25) is 0 Å². The number of fused-ring (bicyclic) bond motifs is 4. The van der Waals surface area contributed by atoms with Crippen LogP contribution < -0.4 is 14.9 Å². The molecule has 2 aromatic carbocycles. The first-order valence-corrected chi connectivity index (χ1v) is 10.9. The summed E-state index contributed by atoms with van der Waals surface area (Å²) in [6.07, 6.45) is 4.30. The van der Waals surface area contributed by atoms with Crippen LogP contribution in [0.1, 0.15) is 49.4 Å². The summed E-state index contributed by atoms with van der Waals surface area (Å²) in [5.74, 6) is 1.89. The van der Waals surface area contributed by atoms with Crippen LogP contribution in [0.15, 0.2) is 48.5 Å². The molecule has 2 aromatic rings. The third kappa shape index (κ3) is 3.17. The molecule has 1 N–H and O–H groups in total. The minimum Gasteiger partial charge on any atom is -0.497 e. The zero-order chi connectivity index (χ0) is 20.9. The molecule has 5 rings (SSSR count). The zero-order valence-corrected chi connectivity index (χ0v) is 18.3. The van der Waals surface area contributed by atoms with E-state index in [4.69, 9.17) is 9.47 Å². The molecule has 0 unspecified atom stereocenters. The number of aryl methyl sites for hydroxylation is 1. The quantitative estimate of drug-likeness (QED) is 0.814. The van der Waals surface area contributed by atoms with Gasteiger partial charge in [0.15, 0.2) is 5.72 Å². The van der Waals surface area contributed by atoms with E-state index >= 15 is 0 Å². The summed E-state index contributed by atoms with van der Waals surface area (Å²) in [5.41, 5.74) is 8.18. The van der Waals surface area contributed by atoms with Crippen molar-refractivity contribution in [1.82, 2.24) is 15.3 Å². The lowest BCUT2D eigenvalue weighted by molar-refractivity contribution is -0.161. The molecule has 30 heavy (non-hydrogen) atoms. The number of rotatable bonds is 3. The van der Waals surface area contributed by atoms with Gasteiger partial charge in [0, 0.05) is 37.5 Å². The molecule has 1 atom stereocenters. The van der Waals surface area contributed by atoms with Crippen LogP contribution in [0.4, 0.5) is 0 Å². The van der Waals surface area contributed by atoms with Crippen molar-refractivity contribution in [2.24, 2.45) is 0 Å². The molecule has 0 radical (unpaired) electrons. The van der Waals surface area contributed by atoms with E-state index < -0.39 is 0 Å². The van der Waals surface area contributed by atoms with Crippen molar-refractivity contribution in [1.29, 1.82) is 0 Å². The molecule has 5 nitrogen and oxygen atoms in total. The van der Waals surface area contributed by atoms with E-state index in [1.54, 1.807) is 7.11 Å². The molecule has 1 spiro atoms. The number of likely N-dealkylation sites (tertiary alicyclic amines) is 1. The van der Waals surface area contributed by atoms with Crippen molar-refractivity contribution in [3.05, 3.63) is 65.2 Å². The topological polar surface area (TPSA) is 37.0 Å². The fourth-order valence-corrected chi connectivity index (χ4v) is 4.96. The first kappa shape index (κ1) is 19.5. The van der Waals surface area contributed by atoms with Crippen molar-refractivity contribution < 1.29 is 9.47 Å². The fraction of sp³-hybridized carbons (Fsp3) is 0.440. The van der Waals surface area contributed by atoms with Crippen molar-refractivity contribution >= 4 is 5.70 Å². The lowest BCUT2D eigenvalue weighted by Gasteiger charge is -2.52. The number of nitrogens with zero attached hydrogens (tertiary/aromatic N) is 2. The summed E-state index contributed by atoms with van der Waals surface area (Å²) in [5, 5.41) is 2.37. The third-order valence-corrected chi connectivity index (χ3v) is 6.78. The number of benzene rings is 2. The number of hydrazine groups is 1. The Balaban J connectivity index is 1.51. The van der Waals surface area contributed by atoms with Crippen LogP contribution in [0, 0.1) is 6.92 Å². The van der Waals surface area contributed by atoms with Gasteiger partial charge in [-0.15, -0.1) is 0 Å². The van der Waals surface area contributed by atoms with Crippen molar-refractivity contribution in [3.63, 3.8) is 0 Å². The van der Waals surface area contributed by atoms with E-state index in [1.165, 1.54) is 11.1 Å². The highest BCUT2D eigenvalue weighted by Crippen LogP contribution is 2.48. The largest absolute Gasteiger partial charge is 0.497 e.